The van der Waals surface area contributed by atoms with E-state index in [9.17, 15) is 4.79 Å². The maximum Gasteiger partial charge on any atom is 0.307 e. The van der Waals surface area contributed by atoms with Gasteiger partial charge in [-0.25, -0.2) is 0 Å². The summed E-state index contributed by atoms with van der Waals surface area (Å²) in [7, 11) is 5.58. The number of likely N-dealkylation sites (N-methyl/N-ethyl adjacent to an activating group) is 2. The summed E-state index contributed by atoms with van der Waals surface area (Å²) in [4.78, 5) is 15.5. The van der Waals surface area contributed by atoms with Gasteiger partial charge in [0.2, 0.25) is 0 Å². The molecular weight excluding hydrogens is 168 g/mol. The van der Waals surface area contributed by atoms with Gasteiger partial charge < -0.3 is 14.5 Å². The Labute approximate surface area is 79.4 Å². The SMILES string of the molecule is COC(=O)CC1CN(C)CCN1C. The van der Waals surface area contributed by atoms with E-state index in [1.807, 2.05) is 0 Å². The molecule has 1 saturated heterocycles. The Morgan fingerprint density at radius 1 is 1.46 bits per heavy atom. The number of rotatable bonds is 2. The summed E-state index contributed by atoms with van der Waals surface area (Å²) < 4.78 is 4.65. The second-order valence-electron chi connectivity index (χ2n) is 3.68. The molecule has 0 radical (unpaired) electrons. The zero-order valence-electron chi connectivity index (χ0n) is 8.62. The number of carbonyl (C=O) groups is 1. The van der Waals surface area contributed by atoms with Gasteiger partial charge in [0.05, 0.1) is 13.5 Å². The van der Waals surface area contributed by atoms with Crippen molar-refractivity contribution < 1.29 is 9.53 Å². The van der Waals surface area contributed by atoms with E-state index in [0.717, 1.165) is 19.6 Å². The number of methoxy groups -OCH3 is 1. The van der Waals surface area contributed by atoms with Gasteiger partial charge >= 0.3 is 5.97 Å². The summed E-state index contributed by atoms with van der Waals surface area (Å²) in [6.07, 6.45) is 0.497. The summed E-state index contributed by atoms with van der Waals surface area (Å²) in [6.45, 7) is 3.05. The highest BCUT2D eigenvalue weighted by Gasteiger charge is 2.24. The Morgan fingerprint density at radius 2 is 2.15 bits per heavy atom. The first kappa shape index (κ1) is 10.5. The lowest BCUT2D eigenvalue weighted by Crippen LogP contribution is -2.50. The van der Waals surface area contributed by atoms with Gasteiger partial charge in [-0.1, -0.05) is 0 Å². The van der Waals surface area contributed by atoms with Gasteiger partial charge in [-0.3, -0.25) is 4.79 Å². The molecule has 0 aliphatic carbocycles. The fourth-order valence-electron chi connectivity index (χ4n) is 1.60. The molecule has 76 valence electrons. The highest BCUT2D eigenvalue weighted by molar-refractivity contribution is 5.69. The number of piperazine rings is 1. The predicted molar refractivity (Wildman–Crippen MR) is 50.5 cm³/mol. The molecule has 13 heavy (non-hydrogen) atoms. The van der Waals surface area contributed by atoms with E-state index in [4.69, 9.17) is 0 Å². The van der Waals surface area contributed by atoms with Crippen molar-refractivity contribution in [2.45, 2.75) is 12.5 Å². The highest BCUT2D eigenvalue weighted by Crippen LogP contribution is 2.09. The van der Waals surface area contributed by atoms with Crippen molar-refractivity contribution in [3.63, 3.8) is 0 Å². The Balaban J connectivity index is 2.41. The molecule has 4 heteroatoms. The smallest absolute Gasteiger partial charge is 0.307 e. The number of ether oxygens (including phenoxy) is 1. The summed E-state index contributed by atoms with van der Waals surface area (Å²) in [5.41, 5.74) is 0. The van der Waals surface area contributed by atoms with Crippen LogP contribution < -0.4 is 0 Å². The van der Waals surface area contributed by atoms with Crippen LogP contribution in [0.1, 0.15) is 6.42 Å². The van der Waals surface area contributed by atoms with Gasteiger partial charge in [0.1, 0.15) is 0 Å². The predicted octanol–water partition coefficient (Wildman–Crippen LogP) is -0.205. The Morgan fingerprint density at radius 3 is 2.77 bits per heavy atom. The third-order valence-electron chi connectivity index (χ3n) is 2.61. The summed E-state index contributed by atoms with van der Waals surface area (Å²) in [5, 5.41) is 0. The van der Waals surface area contributed by atoms with Crippen molar-refractivity contribution in [1.82, 2.24) is 9.80 Å². The van der Waals surface area contributed by atoms with Crippen LogP contribution in [0.5, 0.6) is 0 Å². The molecular formula is C9H18N2O2. The number of nitrogens with zero attached hydrogens (tertiary/aromatic N) is 2. The van der Waals surface area contributed by atoms with E-state index in [0.29, 0.717) is 12.5 Å². The molecule has 1 heterocycles. The monoisotopic (exact) mass is 186 g/mol. The average Bonchev–Trinajstić information content (AvgIpc) is 2.11. The lowest BCUT2D eigenvalue weighted by atomic mass is 10.1. The van der Waals surface area contributed by atoms with Crippen molar-refractivity contribution in [2.24, 2.45) is 0 Å². The number of carbonyl (C=O) groups excluding carboxylic acids is 1. The largest absolute Gasteiger partial charge is 0.469 e. The second kappa shape index (κ2) is 4.58. The lowest BCUT2D eigenvalue weighted by Gasteiger charge is -2.37. The Bertz CT molecular complexity index is 184. The molecule has 0 N–H and O–H groups in total. The third kappa shape index (κ3) is 2.97. The van der Waals surface area contributed by atoms with Crippen molar-refractivity contribution in [2.75, 3.05) is 40.8 Å². The van der Waals surface area contributed by atoms with E-state index in [1.54, 1.807) is 0 Å². The highest BCUT2D eigenvalue weighted by atomic mass is 16.5. The van der Waals surface area contributed by atoms with Crippen LogP contribution in [0.2, 0.25) is 0 Å². The molecule has 0 bridgehead atoms. The maximum atomic E-state index is 11.1. The molecule has 1 fully saturated rings. The number of hydrogen-bond acceptors (Lipinski definition) is 4. The minimum absolute atomic E-state index is 0.118. The lowest BCUT2D eigenvalue weighted by molar-refractivity contribution is -0.142. The van der Waals surface area contributed by atoms with Crippen LogP contribution in [0, 0.1) is 0 Å². The zero-order valence-corrected chi connectivity index (χ0v) is 8.62. The van der Waals surface area contributed by atoms with Gasteiger partial charge in [0.25, 0.3) is 0 Å². The van der Waals surface area contributed by atoms with Crippen LogP contribution >= 0.6 is 0 Å². The van der Waals surface area contributed by atoms with Crippen molar-refractivity contribution >= 4 is 5.97 Å². The first-order valence-electron chi connectivity index (χ1n) is 4.59. The fourth-order valence-corrected chi connectivity index (χ4v) is 1.60. The van der Waals surface area contributed by atoms with Crippen LogP contribution in [-0.2, 0) is 9.53 Å². The first-order chi connectivity index (χ1) is 6.13. The molecule has 1 aliphatic heterocycles. The molecule has 0 aromatic rings. The molecule has 1 atom stereocenters. The summed E-state index contributed by atoms with van der Waals surface area (Å²) >= 11 is 0. The van der Waals surface area contributed by atoms with E-state index in [2.05, 4.69) is 28.6 Å². The molecule has 0 aromatic carbocycles. The molecule has 0 spiro atoms. The molecule has 1 rings (SSSR count). The molecule has 1 aliphatic rings. The van der Waals surface area contributed by atoms with Gasteiger partial charge in [-0.15, -0.1) is 0 Å². The standard InChI is InChI=1S/C9H18N2O2/c1-10-4-5-11(2)8(7-10)6-9(12)13-3/h8H,4-7H2,1-3H3. The Hall–Kier alpha value is -0.610. The summed E-state index contributed by atoms with van der Waals surface area (Å²) in [5.74, 6) is -0.118. The van der Waals surface area contributed by atoms with E-state index in [1.165, 1.54) is 7.11 Å². The van der Waals surface area contributed by atoms with Crippen molar-refractivity contribution in [3.05, 3.63) is 0 Å². The first-order valence-corrected chi connectivity index (χ1v) is 4.59. The fraction of sp³-hybridized carbons (Fsp3) is 0.889. The van der Waals surface area contributed by atoms with E-state index < -0.39 is 0 Å². The minimum atomic E-state index is -0.118. The van der Waals surface area contributed by atoms with Gasteiger partial charge in [0.15, 0.2) is 0 Å². The zero-order chi connectivity index (χ0) is 9.84. The molecule has 0 amide bonds. The maximum absolute atomic E-state index is 11.1. The average molecular weight is 186 g/mol. The van der Waals surface area contributed by atoms with Gasteiger partial charge in [-0.2, -0.15) is 0 Å². The van der Waals surface area contributed by atoms with Crippen LogP contribution in [0.15, 0.2) is 0 Å². The van der Waals surface area contributed by atoms with E-state index in [-0.39, 0.29) is 5.97 Å². The van der Waals surface area contributed by atoms with E-state index >= 15 is 0 Å². The topological polar surface area (TPSA) is 32.8 Å². The van der Waals surface area contributed by atoms with Gasteiger partial charge in [0, 0.05) is 25.7 Å². The van der Waals surface area contributed by atoms with Crippen LogP contribution in [-0.4, -0.2) is 62.7 Å². The van der Waals surface area contributed by atoms with Crippen LogP contribution in [0.4, 0.5) is 0 Å². The van der Waals surface area contributed by atoms with Crippen molar-refractivity contribution in [1.29, 1.82) is 0 Å². The molecule has 1 unspecified atom stereocenters. The Kier molecular flexibility index (Phi) is 3.69. The molecule has 0 aromatic heterocycles. The number of hydrogen-bond donors (Lipinski definition) is 0. The summed E-state index contributed by atoms with van der Waals surface area (Å²) in [6, 6.07) is 0.311. The minimum Gasteiger partial charge on any atom is -0.469 e. The van der Waals surface area contributed by atoms with Crippen molar-refractivity contribution in [3.8, 4) is 0 Å². The van der Waals surface area contributed by atoms with Crippen LogP contribution in [0.3, 0.4) is 0 Å². The quantitative estimate of drug-likeness (QED) is 0.559. The second-order valence-corrected chi connectivity index (χ2v) is 3.68. The third-order valence-corrected chi connectivity index (χ3v) is 2.61. The van der Waals surface area contributed by atoms with Crippen LogP contribution in [0.25, 0.3) is 0 Å². The number of esters is 1. The normalized spacial score (nSPS) is 25.9. The van der Waals surface area contributed by atoms with Gasteiger partial charge in [-0.05, 0) is 14.1 Å². The molecule has 0 saturated carbocycles. The molecule has 4 nitrogen and oxygen atoms in total.